The fourth-order valence-corrected chi connectivity index (χ4v) is 3.68. The van der Waals surface area contributed by atoms with Crippen molar-refractivity contribution >= 4 is 0 Å². The first-order valence-electron chi connectivity index (χ1n) is 7.17. The molecule has 0 N–H and O–H groups in total. The Morgan fingerprint density at radius 1 is 1.12 bits per heavy atom. The average molecular weight is 235 g/mol. The summed E-state index contributed by atoms with van der Waals surface area (Å²) in [7, 11) is 0. The largest absolute Gasteiger partial charge is 0.381 e. The van der Waals surface area contributed by atoms with Gasteiger partial charge in [0, 0.05) is 13.2 Å². The van der Waals surface area contributed by atoms with E-state index in [4.69, 9.17) is 4.74 Å². The van der Waals surface area contributed by atoms with Crippen LogP contribution < -0.4 is 0 Å². The minimum atomic E-state index is -0.0187. The molecule has 1 aliphatic carbocycles. The highest BCUT2D eigenvalue weighted by atomic mass is 16.5. The highest BCUT2D eigenvalue weighted by Crippen LogP contribution is 2.48. The van der Waals surface area contributed by atoms with E-state index in [-0.39, 0.29) is 5.41 Å². The van der Waals surface area contributed by atoms with Gasteiger partial charge in [-0.15, -0.1) is 0 Å². The smallest absolute Gasteiger partial charge is 0.0692 e. The molecular weight excluding hydrogens is 210 g/mol. The first-order valence-corrected chi connectivity index (χ1v) is 7.17. The van der Waals surface area contributed by atoms with Crippen LogP contribution >= 0.6 is 0 Å². The van der Waals surface area contributed by atoms with E-state index in [9.17, 15) is 5.26 Å². The van der Waals surface area contributed by atoms with Gasteiger partial charge in [-0.25, -0.2) is 0 Å². The molecule has 2 nitrogen and oxygen atoms in total. The molecule has 0 aromatic carbocycles. The zero-order chi connectivity index (χ0) is 12.3. The molecular formula is C15H25NO. The molecule has 0 amide bonds. The summed E-state index contributed by atoms with van der Waals surface area (Å²) in [6, 6.07) is 2.69. The summed E-state index contributed by atoms with van der Waals surface area (Å²) in [5.74, 6) is 2.21. The molecule has 0 spiro atoms. The van der Waals surface area contributed by atoms with E-state index in [1.165, 1.54) is 12.8 Å². The Hall–Kier alpha value is -0.550. The minimum Gasteiger partial charge on any atom is -0.381 e. The van der Waals surface area contributed by atoms with Crippen LogP contribution in [-0.4, -0.2) is 13.2 Å². The zero-order valence-corrected chi connectivity index (χ0v) is 11.2. The summed E-state index contributed by atoms with van der Waals surface area (Å²) in [5.41, 5.74) is -0.0187. The van der Waals surface area contributed by atoms with E-state index >= 15 is 0 Å². The normalized spacial score (nSPS) is 35.8. The van der Waals surface area contributed by atoms with Crippen molar-refractivity contribution in [2.75, 3.05) is 13.2 Å². The first-order chi connectivity index (χ1) is 8.18. The maximum atomic E-state index is 9.63. The number of nitrogens with zero attached hydrogens (tertiary/aromatic N) is 1. The second-order valence-electron chi connectivity index (χ2n) is 6.24. The molecule has 1 heterocycles. The van der Waals surface area contributed by atoms with Crippen LogP contribution in [0.4, 0.5) is 0 Å². The molecule has 0 bridgehead atoms. The van der Waals surface area contributed by atoms with Gasteiger partial charge in [-0.05, 0) is 56.3 Å². The van der Waals surface area contributed by atoms with Gasteiger partial charge in [0.25, 0.3) is 0 Å². The van der Waals surface area contributed by atoms with Crippen molar-refractivity contribution < 1.29 is 4.74 Å². The minimum absolute atomic E-state index is 0.0187. The van der Waals surface area contributed by atoms with Gasteiger partial charge in [0.05, 0.1) is 11.5 Å². The van der Waals surface area contributed by atoms with Crippen LogP contribution in [0, 0.1) is 34.5 Å². The third kappa shape index (κ3) is 2.65. The number of rotatable bonds is 2. The summed E-state index contributed by atoms with van der Waals surface area (Å²) in [6.07, 6.45) is 6.94. The number of nitriles is 1. The second kappa shape index (κ2) is 5.40. The fraction of sp³-hybridized carbons (Fsp3) is 0.933. The van der Waals surface area contributed by atoms with Crippen LogP contribution in [0.1, 0.15) is 52.4 Å². The van der Waals surface area contributed by atoms with Gasteiger partial charge < -0.3 is 4.74 Å². The highest BCUT2D eigenvalue weighted by molar-refractivity contribution is 5.05. The van der Waals surface area contributed by atoms with Crippen LogP contribution in [-0.2, 0) is 4.74 Å². The lowest BCUT2D eigenvalue weighted by atomic mass is 9.61. The van der Waals surface area contributed by atoms with Crippen molar-refractivity contribution in [3.8, 4) is 6.07 Å². The van der Waals surface area contributed by atoms with Crippen molar-refractivity contribution in [3.05, 3.63) is 0 Å². The van der Waals surface area contributed by atoms with Gasteiger partial charge in [0.2, 0.25) is 0 Å². The van der Waals surface area contributed by atoms with E-state index in [0.29, 0.717) is 5.92 Å². The van der Waals surface area contributed by atoms with Crippen molar-refractivity contribution in [1.29, 1.82) is 5.26 Å². The standard InChI is InChI=1S/C15H25NO/c1-12(2)13-3-7-15(11-16,8-4-13)14-5-9-17-10-6-14/h12-14H,3-10H2,1-2H3. The van der Waals surface area contributed by atoms with E-state index < -0.39 is 0 Å². The van der Waals surface area contributed by atoms with E-state index in [2.05, 4.69) is 19.9 Å². The summed E-state index contributed by atoms with van der Waals surface area (Å²) in [5, 5.41) is 9.63. The maximum absolute atomic E-state index is 9.63. The summed E-state index contributed by atoms with van der Waals surface area (Å²) >= 11 is 0. The lowest BCUT2D eigenvalue weighted by molar-refractivity contribution is 0.00793. The van der Waals surface area contributed by atoms with Crippen molar-refractivity contribution in [3.63, 3.8) is 0 Å². The van der Waals surface area contributed by atoms with Crippen LogP contribution in [0.3, 0.4) is 0 Å². The summed E-state index contributed by atoms with van der Waals surface area (Å²) in [6.45, 7) is 6.36. The zero-order valence-electron chi connectivity index (χ0n) is 11.2. The van der Waals surface area contributed by atoms with Gasteiger partial charge in [-0.2, -0.15) is 5.26 Å². The predicted octanol–water partition coefficient (Wildman–Crippen LogP) is 3.77. The predicted molar refractivity (Wildman–Crippen MR) is 68.4 cm³/mol. The Balaban J connectivity index is 2.00. The molecule has 1 aliphatic heterocycles. The topological polar surface area (TPSA) is 33.0 Å². The number of ether oxygens (including phenoxy) is 1. The van der Waals surface area contributed by atoms with Crippen LogP contribution in [0.25, 0.3) is 0 Å². The lowest BCUT2D eigenvalue weighted by Gasteiger charge is -2.43. The van der Waals surface area contributed by atoms with Crippen LogP contribution in [0.5, 0.6) is 0 Å². The lowest BCUT2D eigenvalue weighted by Crippen LogP contribution is -2.37. The molecule has 0 aromatic heterocycles. The third-order valence-electron chi connectivity index (χ3n) is 5.09. The molecule has 2 heteroatoms. The third-order valence-corrected chi connectivity index (χ3v) is 5.09. The molecule has 96 valence electrons. The summed E-state index contributed by atoms with van der Waals surface area (Å²) in [4.78, 5) is 0. The van der Waals surface area contributed by atoms with Crippen molar-refractivity contribution in [2.45, 2.75) is 52.4 Å². The molecule has 2 aliphatic rings. The molecule has 17 heavy (non-hydrogen) atoms. The van der Waals surface area contributed by atoms with Gasteiger partial charge in [-0.1, -0.05) is 13.8 Å². The Labute approximate surface area is 105 Å². The SMILES string of the molecule is CC(C)C1CCC(C#N)(C2CCOCC2)CC1. The molecule has 0 radical (unpaired) electrons. The van der Waals surface area contributed by atoms with Gasteiger partial charge >= 0.3 is 0 Å². The Kier molecular flexibility index (Phi) is 4.09. The maximum Gasteiger partial charge on any atom is 0.0692 e. The average Bonchev–Trinajstić information content (AvgIpc) is 2.40. The Morgan fingerprint density at radius 3 is 2.18 bits per heavy atom. The number of hydrogen-bond donors (Lipinski definition) is 0. The molecule has 1 saturated carbocycles. The molecule has 2 fully saturated rings. The first kappa shape index (κ1) is 12.9. The van der Waals surface area contributed by atoms with E-state index in [1.54, 1.807) is 0 Å². The van der Waals surface area contributed by atoms with Gasteiger partial charge in [0.15, 0.2) is 0 Å². The summed E-state index contributed by atoms with van der Waals surface area (Å²) < 4.78 is 5.43. The van der Waals surface area contributed by atoms with Crippen molar-refractivity contribution in [1.82, 2.24) is 0 Å². The fourth-order valence-electron chi connectivity index (χ4n) is 3.68. The molecule has 0 unspecified atom stereocenters. The van der Waals surface area contributed by atoms with Gasteiger partial charge in [0.1, 0.15) is 0 Å². The highest BCUT2D eigenvalue weighted by Gasteiger charge is 2.42. The quantitative estimate of drug-likeness (QED) is 0.730. The Bertz CT molecular complexity index is 278. The van der Waals surface area contributed by atoms with Gasteiger partial charge in [-0.3, -0.25) is 0 Å². The van der Waals surface area contributed by atoms with E-state index in [0.717, 1.165) is 50.7 Å². The second-order valence-corrected chi connectivity index (χ2v) is 6.24. The molecule has 0 atom stereocenters. The molecule has 0 aromatic rings. The monoisotopic (exact) mass is 235 g/mol. The number of hydrogen-bond acceptors (Lipinski definition) is 2. The molecule has 1 saturated heterocycles. The Morgan fingerprint density at radius 2 is 1.71 bits per heavy atom. The van der Waals surface area contributed by atoms with E-state index in [1.807, 2.05) is 0 Å². The molecule has 2 rings (SSSR count). The van der Waals surface area contributed by atoms with Crippen LogP contribution in [0.15, 0.2) is 0 Å². The van der Waals surface area contributed by atoms with Crippen molar-refractivity contribution in [2.24, 2.45) is 23.2 Å². The van der Waals surface area contributed by atoms with Crippen LogP contribution in [0.2, 0.25) is 0 Å².